The molecular weight excluding hydrogens is 254 g/mol. The molecule has 0 bridgehead atoms. The van der Waals surface area contributed by atoms with Crippen molar-refractivity contribution in [1.82, 2.24) is 9.97 Å². The number of halogens is 3. The van der Waals surface area contributed by atoms with Gasteiger partial charge in [0.1, 0.15) is 16.7 Å². The van der Waals surface area contributed by atoms with E-state index in [1.54, 1.807) is 6.07 Å². The maximum atomic E-state index is 13.3. The molecule has 0 unspecified atom stereocenters. The lowest BCUT2D eigenvalue weighted by atomic mass is 10.3. The predicted molar refractivity (Wildman–Crippen MR) is 57.5 cm³/mol. The second-order valence-corrected chi connectivity index (χ2v) is 4.24. The summed E-state index contributed by atoms with van der Waals surface area (Å²) in [4.78, 5) is 7.88. The quantitative estimate of drug-likeness (QED) is 0.608. The Hall–Kier alpha value is -1.20. The van der Waals surface area contributed by atoms with E-state index >= 15 is 0 Å². The molecule has 0 N–H and O–H groups in total. The third-order valence-corrected chi connectivity index (χ3v) is 2.88. The highest BCUT2D eigenvalue weighted by Gasteiger charge is 2.06. The zero-order chi connectivity index (χ0) is 11.5. The van der Waals surface area contributed by atoms with Crippen LogP contribution in [0.3, 0.4) is 0 Å². The molecule has 0 fully saturated rings. The van der Waals surface area contributed by atoms with Crippen molar-refractivity contribution in [3.8, 4) is 0 Å². The van der Waals surface area contributed by atoms with E-state index in [1.165, 1.54) is 18.3 Å². The molecular formula is C10H5ClF2N2S. The van der Waals surface area contributed by atoms with E-state index in [4.69, 9.17) is 11.6 Å². The number of benzene rings is 1. The van der Waals surface area contributed by atoms with Crippen molar-refractivity contribution >= 4 is 23.4 Å². The lowest BCUT2D eigenvalue weighted by Crippen LogP contribution is -1.87. The van der Waals surface area contributed by atoms with E-state index in [2.05, 4.69) is 9.97 Å². The molecule has 1 aromatic heterocycles. The van der Waals surface area contributed by atoms with Crippen LogP contribution < -0.4 is 0 Å². The summed E-state index contributed by atoms with van der Waals surface area (Å²) < 4.78 is 26.0. The SMILES string of the molecule is Fc1ccc(Sc2ccnc(Cl)n2)c(F)c1. The fourth-order valence-corrected chi connectivity index (χ4v) is 2.02. The molecule has 1 heterocycles. The molecule has 0 atom stereocenters. The van der Waals surface area contributed by atoms with Crippen molar-refractivity contribution in [2.45, 2.75) is 9.92 Å². The Morgan fingerprint density at radius 1 is 1.19 bits per heavy atom. The summed E-state index contributed by atoms with van der Waals surface area (Å²) in [5.41, 5.74) is 0. The Balaban J connectivity index is 2.27. The van der Waals surface area contributed by atoms with E-state index in [0.717, 1.165) is 17.8 Å². The maximum Gasteiger partial charge on any atom is 0.223 e. The van der Waals surface area contributed by atoms with Gasteiger partial charge in [-0.3, -0.25) is 0 Å². The van der Waals surface area contributed by atoms with Gasteiger partial charge in [-0.2, -0.15) is 0 Å². The molecule has 0 spiro atoms. The van der Waals surface area contributed by atoms with Crippen LogP contribution in [-0.2, 0) is 0 Å². The minimum atomic E-state index is -0.625. The average molecular weight is 259 g/mol. The third kappa shape index (κ3) is 2.68. The van der Waals surface area contributed by atoms with Gasteiger partial charge in [-0.05, 0) is 29.8 Å². The molecule has 0 amide bonds. The van der Waals surface area contributed by atoms with E-state index in [-0.39, 0.29) is 10.2 Å². The highest BCUT2D eigenvalue weighted by Crippen LogP contribution is 2.28. The summed E-state index contributed by atoms with van der Waals surface area (Å²) >= 11 is 6.65. The maximum absolute atomic E-state index is 13.3. The molecule has 82 valence electrons. The Morgan fingerprint density at radius 2 is 2.00 bits per heavy atom. The normalized spacial score (nSPS) is 10.4. The predicted octanol–water partition coefficient (Wildman–Crippen LogP) is 3.56. The minimum Gasteiger partial charge on any atom is -0.226 e. The van der Waals surface area contributed by atoms with Crippen LogP contribution in [0, 0.1) is 11.6 Å². The van der Waals surface area contributed by atoms with Crippen LogP contribution in [-0.4, -0.2) is 9.97 Å². The minimum absolute atomic E-state index is 0.0903. The molecule has 0 aliphatic heterocycles. The van der Waals surface area contributed by atoms with Crippen LogP contribution in [0.5, 0.6) is 0 Å². The van der Waals surface area contributed by atoms with Crippen LogP contribution >= 0.6 is 23.4 Å². The first-order valence-corrected chi connectivity index (χ1v) is 5.46. The lowest BCUT2D eigenvalue weighted by Gasteiger charge is -2.02. The highest BCUT2D eigenvalue weighted by molar-refractivity contribution is 7.99. The Kier molecular flexibility index (Phi) is 3.36. The van der Waals surface area contributed by atoms with E-state index in [9.17, 15) is 8.78 Å². The van der Waals surface area contributed by atoms with Crippen molar-refractivity contribution < 1.29 is 8.78 Å². The first kappa shape index (κ1) is 11.3. The first-order valence-electron chi connectivity index (χ1n) is 4.26. The fourth-order valence-electron chi connectivity index (χ4n) is 1.05. The Bertz CT molecular complexity index is 522. The van der Waals surface area contributed by atoms with Crippen molar-refractivity contribution in [2.24, 2.45) is 0 Å². The zero-order valence-corrected chi connectivity index (χ0v) is 9.40. The summed E-state index contributed by atoms with van der Waals surface area (Å²) in [5.74, 6) is -1.23. The third-order valence-electron chi connectivity index (χ3n) is 1.71. The summed E-state index contributed by atoms with van der Waals surface area (Å²) in [7, 11) is 0. The van der Waals surface area contributed by atoms with Crippen LogP contribution in [0.1, 0.15) is 0 Å². The van der Waals surface area contributed by atoms with Gasteiger partial charge in [-0.1, -0.05) is 11.8 Å². The molecule has 0 saturated carbocycles. The number of hydrogen-bond acceptors (Lipinski definition) is 3. The van der Waals surface area contributed by atoms with E-state index in [0.29, 0.717) is 5.03 Å². The first-order chi connectivity index (χ1) is 7.65. The molecule has 1 aromatic carbocycles. The van der Waals surface area contributed by atoms with Gasteiger partial charge in [-0.25, -0.2) is 18.7 Å². The molecule has 2 rings (SSSR count). The molecule has 6 heteroatoms. The van der Waals surface area contributed by atoms with Crippen LogP contribution in [0.15, 0.2) is 40.4 Å². The average Bonchev–Trinajstić information content (AvgIpc) is 2.22. The molecule has 2 nitrogen and oxygen atoms in total. The standard InChI is InChI=1S/C10H5ClF2N2S/c11-10-14-4-3-9(15-10)16-8-2-1-6(12)5-7(8)13/h1-5H. The summed E-state index contributed by atoms with van der Waals surface area (Å²) in [5, 5.41) is 0.595. The molecule has 0 aliphatic rings. The zero-order valence-electron chi connectivity index (χ0n) is 7.82. The molecule has 2 aromatic rings. The van der Waals surface area contributed by atoms with Gasteiger partial charge in [0.25, 0.3) is 0 Å². The van der Waals surface area contributed by atoms with E-state index < -0.39 is 11.6 Å². The number of hydrogen-bond donors (Lipinski definition) is 0. The van der Waals surface area contributed by atoms with Crippen molar-refractivity contribution in [3.63, 3.8) is 0 Å². The van der Waals surface area contributed by atoms with Crippen molar-refractivity contribution in [3.05, 3.63) is 47.4 Å². The van der Waals surface area contributed by atoms with Crippen molar-refractivity contribution in [1.29, 1.82) is 0 Å². The van der Waals surface area contributed by atoms with Gasteiger partial charge >= 0.3 is 0 Å². The molecule has 0 saturated heterocycles. The highest BCUT2D eigenvalue weighted by atomic mass is 35.5. The second-order valence-electron chi connectivity index (χ2n) is 2.84. The Morgan fingerprint density at radius 3 is 2.69 bits per heavy atom. The van der Waals surface area contributed by atoms with Gasteiger partial charge in [0.05, 0.1) is 0 Å². The summed E-state index contributed by atoms with van der Waals surface area (Å²) in [6, 6.07) is 4.96. The number of nitrogens with zero attached hydrogens (tertiary/aromatic N) is 2. The largest absolute Gasteiger partial charge is 0.226 e. The smallest absolute Gasteiger partial charge is 0.223 e. The topological polar surface area (TPSA) is 25.8 Å². The molecule has 16 heavy (non-hydrogen) atoms. The molecule has 0 radical (unpaired) electrons. The van der Waals surface area contributed by atoms with Gasteiger partial charge in [0, 0.05) is 17.2 Å². The molecule has 0 aliphatic carbocycles. The Labute approximate surface area is 99.7 Å². The van der Waals surface area contributed by atoms with Gasteiger partial charge < -0.3 is 0 Å². The van der Waals surface area contributed by atoms with E-state index in [1.807, 2.05) is 0 Å². The summed E-state index contributed by atoms with van der Waals surface area (Å²) in [6.45, 7) is 0. The second kappa shape index (κ2) is 4.76. The number of aromatic nitrogens is 2. The number of rotatable bonds is 2. The van der Waals surface area contributed by atoms with Gasteiger partial charge in [0.15, 0.2) is 0 Å². The van der Waals surface area contributed by atoms with Crippen molar-refractivity contribution in [2.75, 3.05) is 0 Å². The van der Waals surface area contributed by atoms with Gasteiger partial charge in [0.2, 0.25) is 5.28 Å². The lowest BCUT2D eigenvalue weighted by molar-refractivity contribution is 0.565. The van der Waals surface area contributed by atoms with Crippen LogP contribution in [0.25, 0.3) is 0 Å². The summed E-state index contributed by atoms with van der Waals surface area (Å²) in [6.07, 6.45) is 1.47. The monoisotopic (exact) mass is 258 g/mol. The van der Waals surface area contributed by atoms with Gasteiger partial charge in [-0.15, -0.1) is 0 Å². The van der Waals surface area contributed by atoms with Crippen LogP contribution in [0.2, 0.25) is 5.28 Å². The van der Waals surface area contributed by atoms with Crippen LogP contribution in [0.4, 0.5) is 8.78 Å². The fraction of sp³-hybridized carbons (Fsp3) is 0.